The molecule has 0 amide bonds. The second-order valence-electron chi connectivity index (χ2n) is 5.27. The van der Waals surface area contributed by atoms with Crippen molar-refractivity contribution in [1.29, 1.82) is 0 Å². The van der Waals surface area contributed by atoms with Crippen molar-refractivity contribution in [2.75, 3.05) is 4.72 Å². The first-order chi connectivity index (χ1) is 10.1. The highest BCUT2D eigenvalue weighted by atomic mass is 32.2. The molecule has 0 spiro atoms. The lowest BCUT2D eigenvalue weighted by molar-refractivity contribution is 0.277. The van der Waals surface area contributed by atoms with Gasteiger partial charge in [-0.1, -0.05) is 12.1 Å². The number of hydrogen-bond acceptors (Lipinski definition) is 3. The number of benzene rings is 1. The van der Waals surface area contributed by atoms with Gasteiger partial charge in [0.15, 0.2) is 0 Å². The van der Waals surface area contributed by atoms with Crippen LogP contribution < -0.4 is 4.72 Å². The molecule has 1 aromatic carbocycles. The molecule has 0 saturated carbocycles. The van der Waals surface area contributed by atoms with E-state index in [1.165, 1.54) is 17.8 Å². The van der Waals surface area contributed by atoms with Gasteiger partial charge in [-0.3, -0.25) is 4.72 Å². The van der Waals surface area contributed by atoms with E-state index in [0.717, 1.165) is 31.2 Å². The second-order valence-corrected chi connectivity index (χ2v) is 6.96. The summed E-state index contributed by atoms with van der Waals surface area (Å²) in [5.74, 6) is 0. The maximum absolute atomic E-state index is 12.4. The van der Waals surface area contributed by atoms with Gasteiger partial charge < -0.3 is 10.1 Å². The SMILES string of the molecule is O=S(=O)(Nc1cccc2c1CCCC2)c1c[nH]c(CO)c1. The van der Waals surface area contributed by atoms with Crippen LogP contribution in [-0.2, 0) is 29.5 Å². The van der Waals surface area contributed by atoms with Gasteiger partial charge >= 0.3 is 0 Å². The minimum atomic E-state index is -3.63. The summed E-state index contributed by atoms with van der Waals surface area (Å²) in [4.78, 5) is 2.88. The molecule has 1 aliphatic carbocycles. The van der Waals surface area contributed by atoms with E-state index < -0.39 is 10.0 Å². The van der Waals surface area contributed by atoms with E-state index in [4.69, 9.17) is 5.11 Å². The van der Waals surface area contributed by atoms with E-state index in [1.807, 2.05) is 6.07 Å². The van der Waals surface area contributed by atoms with Crippen LogP contribution in [0.5, 0.6) is 0 Å². The Labute approximate surface area is 124 Å². The molecule has 0 radical (unpaired) electrons. The summed E-state index contributed by atoms with van der Waals surface area (Å²) < 4.78 is 27.5. The Hall–Kier alpha value is -1.79. The van der Waals surface area contributed by atoms with Crippen LogP contribution in [0, 0.1) is 0 Å². The molecular formula is C15H18N2O3S. The molecule has 2 aromatic rings. The van der Waals surface area contributed by atoms with Gasteiger partial charge in [0.05, 0.1) is 12.3 Å². The molecule has 1 heterocycles. The second kappa shape index (κ2) is 5.54. The molecule has 3 rings (SSSR count). The fourth-order valence-corrected chi connectivity index (χ4v) is 3.86. The topological polar surface area (TPSA) is 82.2 Å². The third-order valence-corrected chi connectivity index (χ3v) is 5.18. The van der Waals surface area contributed by atoms with Gasteiger partial charge in [-0.2, -0.15) is 0 Å². The lowest BCUT2D eigenvalue weighted by Crippen LogP contribution is -2.15. The summed E-state index contributed by atoms with van der Waals surface area (Å²) in [6, 6.07) is 7.20. The summed E-state index contributed by atoms with van der Waals surface area (Å²) in [5.41, 5.74) is 3.47. The minimum absolute atomic E-state index is 0.139. The van der Waals surface area contributed by atoms with Gasteiger partial charge in [-0.15, -0.1) is 0 Å². The fourth-order valence-electron chi connectivity index (χ4n) is 2.75. The van der Waals surface area contributed by atoms with Crippen molar-refractivity contribution in [1.82, 2.24) is 4.98 Å². The highest BCUT2D eigenvalue weighted by Crippen LogP contribution is 2.29. The van der Waals surface area contributed by atoms with Gasteiger partial charge in [0.1, 0.15) is 4.90 Å². The van der Waals surface area contributed by atoms with E-state index in [0.29, 0.717) is 11.4 Å². The average Bonchev–Trinajstić information content (AvgIpc) is 2.97. The Morgan fingerprint density at radius 2 is 2.05 bits per heavy atom. The van der Waals surface area contributed by atoms with Gasteiger partial charge in [-0.05, 0) is 48.9 Å². The van der Waals surface area contributed by atoms with Crippen LogP contribution in [0.15, 0.2) is 35.4 Å². The van der Waals surface area contributed by atoms with Crippen LogP contribution in [0.25, 0.3) is 0 Å². The van der Waals surface area contributed by atoms with Gasteiger partial charge in [-0.25, -0.2) is 8.42 Å². The van der Waals surface area contributed by atoms with E-state index in [1.54, 1.807) is 6.07 Å². The number of fused-ring (bicyclic) bond motifs is 1. The lowest BCUT2D eigenvalue weighted by Gasteiger charge is -2.19. The summed E-state index contributed by atoms with van der Waals surface area (Å²) in [6.07, 6.45) is 5.54. The summed E-state index contributed by atoms with van der Waals surface area (Å²) in [6.45, 7) is -0.212. The molecule has 0 bridgehead atoms. The maximum atomic E-state index is 12.4. The van der Waals surface area contributed by atoms with Gasteiger partial charge in [0.25, 0.3) is 10.0 Å². The Kier molecular flexibility index (Phi) is 3.73. The van der Waals surface area contributed by atoms with Crippen molar-refractivity contribution < 1.29 is 13.5 Å². The molecule has 21 heavy (non-hydrogen) atoms. The van der Waals surface area contributed by atoms with Crippen LogP contribution in [0.3, 0.4) is 0 Å². The minimum Gasteiger partial charge on any atom is -0.390 e. The molecular weight excluding hydrogens is 288 g/mol. The van der Waals surface area contributed by atoms with Crippen molar-refractivity contribution in [3.8, 4) is 0 Å². The largest absolute Gasteiger partial charge is 0.390 e. The number of nitrogens with one attached hydrogen (secondary N) is 2. The van der Waals surface area contributed by atoms with Crippen LogP contribution >= 0.6 is 0 Å². The number of aliphatic hydroxyl groups is 1. The molecule has 0 fully saturated rings. The number of aliphatic hydroxyl groups excluding tert-OH is 1. The number of H-pyrrole nitrogens is 1. The normalized spacial score (nSPS) is 14.7. The molecule has 112 valence electrons. The van der Waals surface area contributed by atoms with E-state index in [-0.39, 0.29) is 11.5 Å². The quantitative estimate of drug-likeness (QED) is 0.810. The van der Waals surface area contributed by atoms with E-state index in [2.05, 4.69) is 15.8 Å². The van der Waals surface area contributed by atoms with Gasteiger partial charge in [0.2, 0.25) is 0 Å². The Balaban J connectivity index is 1.92. The number of aromatic nitrogens is 1. The Morgan fingerprint density at radius 3 is 2.81 bits per heavy atom. The Bertz CT molecular complexity index is 750. The molecule has 6 heteroatoms. The predicted octanol–water partition coefficient (Wildman–Crippen LogP) is 2.19. The molecule has 3 N–H and O–H groups in total. The summed E-state index contributed by atoms with van der Waals surface area (Å²) in [7, 11) is -3.63. The van der Waals surface area contributed by atoms with Crippen LogP contribution in [0.2, 0.25) is 0 Å². The third kappa shape index (κ3) is 2.82. The molecule has 1 aliphatic rings. The first-order valence-corrected chi connectivity index (χ1v) is 8.50. The zero-order valence-corrected chi connectivity index (χ0v) is 12.4. The third-order valence-electron chi connectivity index (χ3n) is 3.84. The fraction of sp³-hybridized carbons (Fsp3) is 0.333. The molecule has 0 aliphatic heterocycles. The number of hydrogen-bond donors (Lipinski definition) is 3. The summed E-state index contributed by atoms with van der Waals surface area (Å²) in [5, 5.41) is 9.02. The van der Waals surface area contributed by atoms with E-state index in [9.17, 15) is 8.42 Å². The highest BCUT2D eigenvalue weighted by Gasteiger charge is 2.20. The average molecular weight is 306 g/mol. The van der Waals surface area contributed by atoms with Crippen molar-refractivity contribution >= 4 is 15.7 Å². The molecule has 5 nitrogen and oxygen atoms in total. The standard InChI is InChI=1S/C15H18N2O3S/c18-10-12-8-13(9-16-12)21(19,20)17-15-7-3-5-11-4-1-2-6-14(11)15/h3,5,7-9,16-18H,1-2,4,6,10H2. The number of aromatic amines is 1. The van der Waals surface area contributed by atoms with Crippen molar-refractivity contribution in [3.05, 3.63) is 47.3 Å². The van der Waals surface area contributed by atoms with Crippen molar-refractivity contribution in [2.24, 2.45) is 0 Å². The number of aryl methyl sites for hydroxylation is 1. The molecule has 0 saturated heterocycles. The molecule has 1 aromatic heterocycles. The first-order valence-electron chi connectivity index (χ1n) is 7.02. The van der Waals surface area contributed by atoms with Crippen LogP contribution in [0.1, 0.15) is 29.7 Å². The zero-order chi connectivity index (χ0) is 14.9. The van der Waals surface area contributed by atoms with Crippen LogP contribution in [0.4, 0.5) is 5.69 Å². The number of rotatable bonds is 4. The Morgan fingerprint density at radius 1 is 1.24 bits per heavy atom. The van der Waals surface area contributed by atoms with Crippen molar-refractivity contribution in [3.63, 3.8) is 0 Å². The van der Waals surface area contributed by atoms with Crippen molar-refractivity contribution in [2.45, 2.75) is 37.2 Å². The molecule has 0 atom stereocenters. The monoisotopic (exact) mass is 306 g/mol. The lowest BCUT2D eigenvalue weighted by atomic mass is 9.91. The van der Waals surface area contributed by atoms with E-state index >= 15 is 0 Å². The number of anilines is 1. The highest BCUT2D eigenvalue weighted by molar-refractivity contribution is 7.92. The van der Waals surface area contributed by atoms with Gasteiger partial charge in [0, 0.05) is 11.9 Å². The molecule has 0 unspecified atom stereocenters. The maximum Gasteiger partial charge on any atom is 0.263 e. The summed E-state index contributed by atoms with van der Waals surface area (Å²) >= 11 is 0. The zero-order valence-electron chi connectivity index (χ0n) is 11.6. The predicted molar refractivity (Wildman–Crippen MR) is 80.6 cm³/mol. The van der Waals surface area contributed by atoms with Crippen LogP contribution in [-0.4, -0.2) is 18.5 Å². The smallest absolute Gasteiger partial charge is 0.263 e. The first kappa shape index (κ1) is 14.2. The number of sulfonamides is 1.